The molecule has 3 heterocycles. The second-order valence-electron chi connectivity index (χ2n) is 6.91. The van der Waals surface area contributed by atoms with Crippen molar-refractivity contribution in [2.24, 2.45) is 7.05 Å². The fraction of sp³-hybridized carbons (Fsp3) is 0.238. The Hall–Kier alpha value is -3.68. The van der Waals surface area contributed by atoms with Crippen LogP contribution in [0.4, 0.5) is 11.4 Å². The van der Waals surface area contributed by atoms with Crippen molar-refractivity contribution in [3.8, 4) is 0 Å². The molecule has 1 aromatic carbocycles. The van der Waals surface area contributed by atoms with E-state index in [2.05, 4.69) is 15.4 Å². The molecule has 8 heteroatoms. The minimum atomic E-state index is -0.240. The molecule has 1 saturated heterocycles. The molecular weight excluding hydrogens is 368 g/mol. The van der Waals surface area contributed by atoms with E-state index in [-0.39, 0.29) is 18.4 Å². The van der Waals surface area contributed by atoms with Gasteiger partial charge in [0.1, 0.15) is 5.69 Å². The summed E-state index contributed by atoms with van der Waals surface area (Å²) in [6, 6.07) is 13.3. The fourth-order valence-corrected chi connectivity index (χ4v) is 3.32. The Kier molecular flexibility index (Phi) is 5.24. The van der Waals surface area contributed by atoms with E-state index < -0.39 is 0 Å². The maximum atomic E-state index is 12.6. The molecule has 148 valence electrons. The summed E-state index contributed by atoms with van der Waals surface area (Å²) in [4.78, 5) is 33.0. The summed E-state index contributed by atoms with van der Waals surface area (Å²) < 4.78 is 1.68. The lowest BCUT2D eigenvalue weighted by Gasteiger charge is -2.35. The van der Waals surface area contributed by atoms with Crippen LogP contribution in [-0.2, 0) is 18.4 Å². The zero-order valence-corrected chi connectivity index (χ0v) is 16.2. The Morgan fingerprint density at radius 1 is 1.14 bits per heavy atom. The van der Waals surface area contributed by atoms with E-state index in [1.807, 2.05) is 54.5 Å². The van der Waals surface area contributed by atoms with Crippen molar-refractivity contribution < 1.29 is 9.59 Å². The first-order valence-corrected chi connectivity index (χ1v) is 9.42. The van der Waals surface area contributed by atoms with Gasteiger partial charge in [0.05, 0.1) is 18.4 Å². The fourth-order valence-electron chi connectivity index (χ4n) is 3.32. The van der Waals surface area contributed by atoms with Crippen LogP contribution in [0.15, 0.2) is 61.1 Å². The zero-order valence-electron chi connectivity index (χ0n) is 16.2. The van der Waals surface area contributed by atoms with Crippen LogP contribution < -0.4 is 15.1 Å². The number of rotatable bonds is 5. The summed E-state index contributed by atoms with van der Waals surface area (Å²) >= 11 is 0. The Bertz CT molecular complexity index is 1020. The number of pyridine rings is 1. The van der Waals surface area contributed by atoms with Crippen molar-refractivity contribution in [3.05, 3.63) is 72.3 Å². The smallest absolute Gasteiger partial charge is 0.270 e. The zero-order chi connectivity index (χ0) is 20.2. The van der Waals surface area contributed by atoms with Crippen molar-refractivity contribution in [1.29, 1.82) is 0 Å². The Balaban J connectivity index is 1.41. The summed E-state index contributed by atoms with van der Waals surface area (Å²) in [6.07, 6.45) is 5.12. The van der Waals surface area contributed by atoms with Crippen molar-refractivity contribution in [1.82, 2.24) is 20.1 Å². The highest BCUT2D eigenvalue weighted by Crippen LogP contribution is 2.21. The highest BCUT2D eigenvalue weighted by atomic mass is 16.2. The Morgan fingerprint density at radius 2 is 1.97 bits per heavy atom. The number of anilines is 2. The van der Waals surface area contributed by atoms with Gasteiger partial charge in [-0.15, -0.1) is 0 Å². The molecular formula is C21H22N6O2. The minimum absolute atomic E-state index is 0.00357. The summed E-state index contributed by atoms with van der Waals surface area (Å²) in [5.74, 6) is -0.243. The van der Waals surface area contributed by atoms with Crippen LogP contribution >= 0.6 is 0 Å². The van der Waals surface area contributed by atoms with Crippen molar-refractivity contribution in [3.63, 3.8) is 0 Å². The molecule has 0 unspecified atom stereocenters. The number of hydrogen-bond donors (Lipinski definition) is 1. The third-order valence-corrected chi connectivity index (χ3v) is 4.86. The van der Waals surface area contributed by atoms with Gasteiger partial charge >= 0.3 is 0 Å². The maximum Gasteiger partial charge on any atom is 0.270 e. The van der Waals surface area contributed by atoms with E-state index in [4.69, 9.17) is 0 Å². The number of nitrogens with zero attached hydrogens (tertiary/aromatic N) is 5. The van der Waals surface area contributed by atoms with Crippen molar-refractivity contribution in [2.45, 2.75) is 6.54 Å². The molecule has 0 saturated carbocycles. The lowest BCUT2D eigenvalue weighted by molar-refractivity contribution is -0.117. The number of nitrogens with one attached hydrogen (secondary N) is 1. The Labute approximate surface area is 168 Å². The van der Waals surface area contributed by atoms with Crippen LogP contribution in [-0.4, -0.2) is 46.2 Å². The summed E-state index contributed by atoms with van der Waals surface area (Å²) in [6.45, 7) is 1.90. The van der Waals surface area contributed by atoms with Crippen LogP contribution in [0.1, 0.15) is 16.1 Å². The minimum Gasteiger partial charge on any atom is -0.360 e. The molecule has 3 aromatic rings. The first-order chi connectivity index (χ1) is 14.1. The average molecular weight is 390 g/mol. The van der Waals surface area contributed by atoms with Crippen molar-refractivity contribution >= 4 is 23.2 Å². The number of hydrogen-bond acceptors (Lipinski definition) is 5. The number of piperazine rings is 1. The van der Waals surface area contributed by atoms with Gasteiger partial charge in [0.2, 0.25) is 5.91 Å². The van der Waals surface area contributed by atoms with Gasteiger partial charge in [0.25, 0.3) is 5.91 Å². The standard InChI is InChI=1S/C21H22N6O2/c1-25-14-18(13-24-25)27-10-9-26(15-20(27)28)17-7-8-22-19(11-17)21(29)23-12-16-5-3-2-4-6-16/h2-8,11,13-14H,9-10,12,15H2,1H3,(H,23,29). The summed E-state index contributed by atoms with van der Waals surface area (Å²) in [7, 11) is 1.82. The molecule has 29 heavy (non-hydrogen) atoms. The van der Waals surface area contributed by atoms with Crippen LogP contribution in [0.5, 0.6) is 0 Å². The van der Waals surface area contributed by atoms with Crippen LogP contribution in [0.2, 0.25) is 0 Å². The molecule has 8 nitrogen and oxygen atoms in total. The number of carbonyl (C=O) groups is 2. The molecule has 0 aliphatic carbocycles. The number of amides is 2. The van der Waals surface area contributed by atoms with E-state index >= 15 is 0 Å². The predicted octanol–water partition coefficient (Wildman–Crippen LogP) is 1.60. The van der Waals surface area contributed by atoms with Crippen molar-refractivity contribution in [2.75, 3.05) is 29.4 Å². The molecule has 0 spiro atoms. The third kappa shape index (κ3) is 4.26. The first kappa shape index (κ1) is 18.7. The van der Waals surface area contributed by atoms with E-state index in [1.165, 1.54) is 0 Å². The van der Waals surface area contributed by atoms with Gasteiger partial charge in [0.15, 0.2) is 0 Å². The summed E-state index contributed by atoms with van der Waals surface area (Å²) in [5, 5.41) is 7.01. The first-order valence-electron chi connectivity index (χ1n) is 9.42. The predicted molar refractivity (Wildman–Crippen MR) is 110 cm³/mol. The lowest BCUT2D eigenvalue weighted by atomic mass is 10.2. The lowest BCUT2D eigenvalue weighted by Crippen LogP contribution is -2.50. The summed E-state index contributed by atoms with van der Waals surface area (Å²) in [5.41, 5.74) is 2.96. The van der Waals surface area contributed by atoms with E-state index in [9.17, 15) is 9.59 Å². The number of carbonyl (C=O) groups excluding carboxylic acids is 2. The molecule has 1 aliphatic rings. The molecule has 4 rings (SSSR count). The van der Waals surface area contributed by atoms with Crippen LogP contribution in [0.3, 0.4) is 0 Å². The third-order valence-electron chi connectivity index (χ3n) is 4.86. The quantitative estimate of drug-likeness (QED) is 0.715. The normalized spacial score (nSPS) is 14.2. The number of benzene rings is 1. The molecule has 2 amide bonds. The Morgan fingerprint density at radius 3 is 2.69 bits per heavy atom. The molecule has 0 radical (unpaired) electrons. The number of aryl methyl sites for hydroxylation is 1. The average Bonchev–Trinajstić information content (AvgIpc) is 3.18. The molecule has 1 N–H and O–H groups in total. The van der Waals surface area contributed by atoms with Gasteiger partial charge in [-0.2, -0.15) is 5.10 Å². The van der Waals surface area contributed by atoms with Gasteiger partial charge in [-0.25, -0.2) is 0 Å². The monoisotopic (exact) mass is 390 g/mol. The van der Waals surface area contributed by atoms with Gasteiger partial charge < -0.3 is 15.1 Å². The molecule has 2 aromatic heterocycles. The SMILES string of the molecule is Cn1cc(N2CCN(c3ccnc(C(=O)NCc4ccccc4)c3)CC2=O)cn1. The highest BCUT2D eigenvalue weighted by molar-refractivity contribution is 5.98. The van der Waals surface area contributed by atoms with E-state index in [1.54, 1.807) is 28.0 Å². The van der Waals surface area contributed by atoms with Gasteiger partial charge in [-0.1, -0.05) is 30.3 Å². The second-order valence-corrected chi connectivity index (χ2v) is 6.91. The van der Waals surface area contributed by atoms with Gasteiger partial charge in [0, 0.05) is 44.8 Å². The molecule has 0 atom stereocenters. The number of aromatic nitrogens is 3. The molecule has 1 aliphatic heterocycles. The van der Waals surface area contributed by atoms with Crippen LogP contribution in [0.25, 0.3) is 0 Å². The topological polar surface area (TPSA) is 83.4 Å². The van der Waals surface area contributed by atoms with E-state index in [0.717, 1.165) is 16.9 Å². The van der Waals surface area contributed by atoms with Crippen LogP contribution in [0, 0.1) is 0 Å². The van der Waals surface area contributed by atoms with Gasteiger partial charge in [-0.3, -0.25) is 19.3 Å². The molecule has 1 fully saturated rings. The highest BCUT2D eigenvalue weighted by Gasteiger charge is 2.26. The van der Waals surface area contributed by atoms with Gasteiger partial charge in [-0.05, 0) is 17.7 Å². The molecule has 0 bridgehead atoms. The van der Waals surface area contributed by atoms with E-state index in [0.29, 0.717) is 25.3 Å². The maximum absolute atomic E-state index is 12.6. The second kappa shape index (κ2) is 8.14. The largest absolute Gasteiger partial charge is 0.360 e.